The van der Waals surface area contributed by atoms with Gasteiger partial charge in [0.05, 0.1) is 10.3 Å². The molecule has 29 heavy (non-hydrogen) atoms. The van der Waals surface area contributed by atoms with Crippen LogP contribution >= 0.6 is 0 Å². The molecule has 0 saturated heterocycles. The number of hydrogen-bond acceptors (Lipinski definition) is 4. The summed E-state index contributed by atoms with van der Waals surface area (Å²) in [6, 6.07) is 28.6. The SMILES string of the molecule is Nc1ccc(N)cc1.O=[N+]([O-])c1cccc2cc3cc4ccccc4cc3cc12. The lowest BCUT2D eigenvalue weighted by Gasteiger charge is -2.05. The summed E-state index contributed by atoms with van der Waals surface area (Å²) in [5.74, 6) is 0. The molecule has 0 spiro atoms. The van der Waals surface area contributed by atoms with Gasteiger partial charge < -0.3 is 11.5 Å². The van der Waals surface area contributed by atoms with Crippen molar-refractivity contribution in [1.29, 1.82) is 0 Å². The molecule has 0 aliphatic heterocycles. The van der Waals surface area contributed by atoms with E-state index in [2.05, 4.69) is 24.3 Å². The van der Waals surface area contributed by atoms with Crippen molar-refractivity contribution in [3.63, 3.8) is 0 Å². The molecule has 0 fully saturated rings. The molecule has 0 atom stereocenters. The molecule has 4 N–H and O–H groups in total. The normalized spacial score (nSPS) is 10.6. The molecule has 5 heteroatoms. The predicted octanol–water partition coefficient (Wildman–Crippen LogP) is 5.91. The smallest absolute Gasteiger partial charge is 0.277 e. The molecule has 5 rings (SSSR count). The van der Waals surface area contributed by atoms with Crippen LogP contribution in [-0.2, 0) is 0 Å². The molecule has 0 unspecified atom stereocenters. The lowest BCUT2D eigenvalue weighted by Crippen LogP contribution is -1.89. The first kappa shape index (κ1) is 18.3. The van der Waals surface area contributed by atoms with E-state index in [0.29, 0.717) is 5.39 Å². The molecule has 0 saturated carbocycles. The van der Waals surface area contributed by atoms with Gasteiger partial charge in [-0.05, 0) is 75.5 Å². The third kappa shape index (κ3) is 3.80. The van der Waals surface area contributed by atoms with Crippen LogP contribution in [0.25, 0.3) is 32.3 Å². The monoisotopic (exact) mass is 381 g/mol. The zero-order valence-electron chi connectivity index (χ0n) is 15.6. The molecule has 0 heterocycles. The van der Waals surface area contributed by atoms with Gasteiger partial charge in [0.25, 0.3) is 5.69 Å². The lowest BCUT2D eigenvalue weighted by molar-refractivity contribution is -0.383. The van der Waals surface area contributed by atoms with Crippen molar-refractivity contribution in [2.45, 2.75) is 0 Å². The quantitative estimate of drug-likeness (QED) is 0.163. The van der Waals surface area contributed by atoms with Gasteiger partial charge in [-0.15, -0.1) is 0 Å². The summed E-state index contributed by atoms with van der Waals surface area (Å²) in [6.07, 6.45) is 0. The Kier molecular flexibility index (Phi) is 4.71. The second-order valence-corrected chi connectivity index (χ2v) is 6.82. The van der Waals surface area contributed by atoms with Crippen LogP contribution in [0, 0.1) is 10.1 Å². The average Bonchev–Trinajstić information content (AvgIpc) is 2.72. The van der Waals surface area contributed by atoms with Gasteiger partial charge in [-0.2, -0.15) is 0 Å². The van der Waals surface area contributed by atoms with E-state index >= 15 is 0 Å². The van der Waals surface area contributed by atoms with E-state index in [-0.39, 0.29) is 10.6 Å². The Balaban J connectivity index is 0.000000216. The van der Waals surface area contributed by atoms with Gasteiger partial charge >= 0.3 is 0 Å². The second kappa shape index (κ2) is 7.48. The lowest BCUT2D eigenvalue weighted by atomic mass is 9.99. The maximum Gasteiger partial charge on any atom is 0.277 e. The number of nitrogens with two attached hydrogens (primary N) is 2. The zero-order chi connectivity index (χ0) is 20.4. The van der Waals surface area contributed by atoms with E-state index in [1.807, 2.05) is 30.3 Å². The van der Waals surface area contributed by atoms with Crippen molar-refractivity contribution in [3.8, 4) is 0 Å². The number of benzene rings is 5. The van der Waals surface area contributed by atoms with Crippen LogP contribution < -0.4 is 11.5 Å². The van der Waals surface area contributed by atoms with Crippen molar-refractivity contribution in [2.24, 2.45) is 0 Å². The first-order chi connectivity index (χ1) is 14.0. The summed E-state index contributed by atoms with van der Waals surface area (Å²) < 4.78 is 0. The Morgan fingerprint density at radius 2 is 1.07 bits per heavy atom. The summed E-state index contributed by atoms with van der Waals surface area (Å²) in [5.41, 5.74) is 12.4. The first-order valence-electron chi connectivity index (χ1n) is 9.12. The maximum absolute atomic E-state index is 11.2. The van der Waals surface area contributed by atoms with Gasteiger partial charge in [-0.3, -0.25) is 10.1 Å². The molecular formula is C24H19N3O2. The summed E-state index contributed by atoms with van der Waals surface area (Å²) in [7, 11) is 0. The van der Waals surface area contributed by atoms with Crippen molar-refractivity contribution in [3.05, 3.63) is 101 Å². The van der Waals surface area contributed by atoms with E-state index in [1.165, 1.54) is 5.39 Å². The van der Waals surface area contributed by atoms with Gasteiger partial charge in [0, 0.05) is 17.4 Å². The third-order valence-electron chi connectivity index (χ3n) is 4.81. The number of hydrogen-bond donors (Lipinski definition) is 2. The number of nitrogens with zero attached hydrogens (tertiary/aromatic N) is 1. The van der Waals surface area contributed by atoms with Gasteiger partial charge in [-0.1, -0.05) is 36.4 Å². The second-order valence-electron chi connectivity index (χ2n) is 6.82. The Bertz CT molecular complexity index is 1320. The highest BCUT2D eigenvalue weighted by molar-refractivity contribution is 6.06. The average molecular weight is 381 g/mol. The minimum absolute atomic E-state index is 0.155. The van der Waals surface area contributed by atoms with Crippen LogP contribution in [0.5, 0.6) is 0 Å². The van der Waals surface area contributed by atoms with E-state index in [1.54, 1.807) is 36.4 Å². The van der Waals surface area contributed by atoms with E-state index < -0.39 is 0 Å². The fourth-order valence-electron chi connectivity index (χ4n) is 3.36. The van der Waals surface area contributed by atoms with Crippen LogP contribution in [0.1, 0.15) is 0 Å². The highest BCUT2D eigenvalue weighted by atomic mass is 16.6. The standard InChI is InChI=1S/C18H11NO2.C6H8N2/c20-19(21)18-7-3-6-14-10-15-8-12-4-1-2-5-13(12)9-16(15)11-17(14)18;7-5-1-2-6(8)4-3-5/h1-11H;1-4H,7-8H2. The van der Waals surface area contributed by atoms with Crippen molar-refractivity contribution in [1.82, 2.24) is 0 Å². The van der Waals surface area contributed by atoms with Gasteiger partial charge in [0.1, 0.15) is 0 Å². The van der Waals surface area contributed by atoms with Crippen molar-refractivity contribution in [2.75, 3.05) is 11.5 Å². The summed E-state index contributed by atoms with van der Waals surface area (Å²) >= 11 is 0. The minimum Gasteiger partial charge on any atom is -0.399 e. The van der Waals surface area contributed by atoms with Crippen LogP contribution in [-0.4, -0.2) is 4.92 Å². The molecule has 5 nitrogen and oxygen atoms in total. The Morgan fingerprint density at radius 3 is 1.62 bits per heavy atom. The number of nitro groups is 1. The Hall–Kier alpha value is -4.12. The molecule has 0 aliphatic rings. The number of fused-ring (bicyclic) bond motifs is 3. The van der Waals surface area contributed by atoms with Crippen molar-refractivity contribution >= 4 is 49.4 Å². The van der Waals surface area contributed by atoms with Crippen LogP contribution in [0.4, 0.5) is 17.1 Å². The van der Waals surface area contributed by atoms with Gasteiger partial charge in [0.2, 0.25) is 0 Å². The molecule has 0 radical (unpaired) electrons. The number of nitrogen functional groups attached to an aromatic ring is 2. The topological polar surface area (TPSA) is 95.2 Å². The molecule has 0 bridgehead atoms. The molecule has 0 amide bonds. The molecule has 0 aliphatic carbocycles. The fraction of sp³-hybridized carbons (Fsp3) is 0. The molecule has 5 aromatic rings. The van der Waals surface area contributed by atoms with Crippen LogP contribution in [0.2, 0.25) is 0 Å². The molecule has 5 aromatic carbocycles. The maximum atomic E-state index is 11.2. The number of anilines is 2. The van der Waals surface area contributed by atoms with Gasteiger partial charge in [0.15, 0.2) is 0 Å². The number of rotatable bonds is 1. The Labute approximate surface area is 167 Å². The Morgan fingerprint density at radius 1 is 0.586 bits per heavy atom. The number of nitro benzene ring substituents is 1. The van der Waals surface area contributed by atoms with Gasteiger partial charge in [-0.25, -0.2) is 0 Å². The number of non-ortho nitro benzene ring substituents is 1. The highest BCUT2D eigenvalue weighted by Crippen LogP contribution is 2.31. The summed E-state index contributed by atoms with van der Waals surface area (Å²) in [5, 5.41) is 17.2. The van der Waals surface area contributed by atoms with E-state index in [9.17, 15) is 10.1 Å². The fourth-order valence-corrected chi connectivity index (χ4v) is 3.36. The molecule has 0 aromatic heterocycles. The summed E-state index contributed by atoms with van der Waals surface area (Å²) in [6.45, 7) is 0. The predicted molar refractivity (Wildman–Crippen MR) is 121 cm³/mol. The van der Waals surface area contributed by atoms with Crippen molar-refractivity contribution < 1.29 is 4.92 Å². The molecule has 142 valence electrons. The highest BCUT2D eigenvalue weighted by Gasteiger charge is 2.12. The zero-order valence-corrected chi connectivity index (χ0v) is 15.6. The largest absolute Gasteiger partial charge is 0.399 e. The third-order valence-corrected chi connectivity index (χ3v) is 4.81. The minimum atomic E-state index is -0.324. The van der Waals surface area contributed by atoms with Crippen LogP contribution in [0.15, 0.2) is 91.0 Å². The van der Waals surface area contributed by atoms with E-state index in [0.717, 1.165) is 32.9 Å². The summed E-state index contributed by atoms with van der Waals surface area (Å²) in [4.78, 5) is 10.8. The van der Waals surface area contributed by atoms with Crippen LogP contribution in [0.3, 0.4) is 0 Å². The molecular weight excluding hydrogens is 362 g/mol. The first-order valence-corrected chi connectivity index (χ1v) is 9.12. The van der Waals surface area contributed by atoms with E-state index in [4.69, 9.17) is 11.5 Å².